The van der Waals surface area contributed by atoms with Gasteiger partial charge in [0.2, 0.25) is 0 Å². The van der Waals surface area contributed by atoms with Gasteiger partial charge in [-0.25, -0.2) is 8.42 Å². The van der Waals surface area contributed by atoms with Gasteiger partial charge in [0, 0.05) is 13.2 Å². The van der Waals surface area contributed by atoms with E-state index in [2.05, 4.69) is 0 Å². The molecular weight excluding hydrogens is 220 g/mol. The van der Waals surface area contributed by atoms with E-state index in [0.29, 0.717) is 19.6 Å². The predicted molar refractivity (Wildman–Crippen MR) is 56.6 cm³/mol. The second kappa shape index (κ2) is 5.46. The van der Waals surface area contributed by atoms with Crippen LogP contribution < -0.4 is 0 Å². The van der Waals surface area contributed by atoms with Gasteiger partial charge in [-0.05, 0) is 27.2 Å². The zero-order valence-corrected chi connectivity index (χ0v) is 10.1. The summed E-state index contributed by atoms with van der Waals surface area (Å²) in [5.41, 5.74) is 0. The molecule has 0 radical (unpaired) electrons. The lowest BCUT2D eigenvalue weighted by Gasteiger charge is -2.19. The first-order valence-corrected chi connectivity index (χ1v) is 6.44. The maximum absolute atomic E-state index is 11.6. The van der Waals surface area contributed by atoms with Gasteiger partial charge in [-0.3, -0.25) is 4.79 Å². The summed E-state index contributed by atoms with van der Waals surface area (Å²) in [6.45, 7) is 5.08. The minimum absolute atomic E-state index is 0.160. The molecule has 0 aromatic carbocycles. The van der Waals surface area contributed by atoms with Gasteiger partial charge in [-0.2, -0.15) is 0 Å². The lowest BCUT2D eigenvalue weighted by molar-refractivity contribution is -0.139. The van der Waals surface area contributed by atoms with Crippen molar-refractivity contribution in [2.75, 3.05) is 19.0 Å². The second-order valence-electron chi connectivity index (χ2n) is 3.68. The molecule has 0 amide bonds. The van der Waals surface area contributed by atoms with E-state index in [-0.39, 0.29) is 5.75 Å². The largest absolute Gasteiger partial charge is 0.480 e. The second-order valence-corrected chi connectivity index (χ2v) is 6.34. The molecule has 0 aliphatic carbocycles. The number of sulfone groups is 1. The van der Waals surface area contributed by atoms with Gasteiger partial charge in [-0.1, -0.05) is 0 Å². The van der Waals surface area contributed by atoms with Crippen molar-refractivity contribution in [3.8, 4) is 0 Å². The standard InChI is InChI=1S/C9H18O5S/c1-4-14-6-5-7-15(12,13)9(2,3)8(10)11/h4-7H2,1-3H3,(H,10,11). The number of rotatable bonds is 7. The Hall–Kier alpha value is -0.620. The fourth-order valence-corrected chi connectivity index (χ4v) is 2.16. The summed E-state index contributed by atoms with van der Waals surface area (Å²) in [4.78, 5) is 10.7. The Morgan fingerprint density at radius 3 is 2.33 bits per heavy atom. The Labute approximate surface area is 90.4 Å². The molecule has 0 unspecified atom stereocenters. The van der Waals surface area contributed by atoms with Crippen LogP contribution in [-0.2, 0) is 19.4 Å². The summed E-state index contributed by atoms with van der Waals surface area (Å²) in [7, 11) is -3.62. The Kier molecular flexibility index (Phi) is 5.23. The first-order valence-electron chi connectivity index (χ1n) is 4.79. The number of hydrogen-bond acceptors (Lipinski definition) is 4. The fraction of sp³-hybridized carbons (Fsp3) is 0.889. The van der Waals surface area contributed by atoms with Gasteiger partial charge in [0.25, 0.3) is 0 Å². The SMILES string of the molecule is CCOCCCS(=O)(=O)C(C)(C)C(=O)O. The summed E-state index contributed by atoms with van der Waals surface area (Å²) in [6, 6.07) is 0. The van der Waals surface area contributed by atoms with E-state index in [4.69, 9.17) is 9.84 Å². The van der Waals surface area contributed by atoms with Crippen molar-refractivity contribution in [2.24, 2.45) is 0 Å². The monoisotopic (exact) mass is 238 g/mol. The summed E-state index contributed by atoms with van der Waals surface area (Å²) in [6.07, 6.45) is 0.326. The first kappa shape index (κ1) is 14.4. The predicted octanol–water partition coefficient (Wildman–Crippen LogP) is 0.691. The summed E-state index contributed by atoms with van der Waals surface area (Å²) >= 11 is 0. The topological polar surface area (TPSA) is 80.7 Å². The van der Waals surface area contributed by atoms with Gasteiger partial charge in [0.15, 0.2) is 14.6 Å². The third-order valence-electron chi connectivity index (χ3n) is 2.20. The zero-order valence-electron chi connectivity index (χ0n) is 9.32. The van der Waals surface area contributed by atoms with E-state index < -0.39 is 20.6 Å². The lowest BCUT2D eigenvalue weighted by Crippen LogP contribution is -2.42. The van der Waals surface area contributed by atoms with Crippen molar-refractivity contribution in [1.82, 2.24) is 0 Å². The molecule has 1 N–H and O–H groups in total. The Morgan fingerprint density at radius 1 is 1.40 bits per heavy atom. The third-order valence-corrected chi connectivity index (χ3v) is 4.75. The molecule has 0 heterocycles. The molecule has 0 spiro atoms. The molecule has 0 aromatic heterocycles. The normalized spacial score (nSPS) is 12.7. The number of carboxylic acids is 1. The van der Waals surface area contributed by atoms with Crippen LogP contribution in [0.3, 0.4) is 0 Å². The molecule has 15 heavy (non-hydrogen) atoms. The number of hydrogen-bond donors (Lipinski definition) is 1. The average molecular weight is 238 g/mol. The van der Waals surface area contributed by atoms with Crippen molar-refractivity contribution < 1.29 is 23.1 Å². The van der Waals surface area contributed by atoms with Crippen molar-refractivity contribution in [1.29, 1.82) is 0 Å². The summed E-state index contributed by atoms with van der Waals surface area (Å²) < 4.78 is 26.5. The van der Waals surface area contributed by atoms with Gasteiger partial charge in [-0.15, -0.1) is 0 Å². The fourth-order valence-electron chi connectivity index (χ4n) is 0.884. The molecule has 5 nitrogen and oxygen atoms in total. The van der Waals surface area contributed by atoms with Gasteiger partial charge >= 0.3 is 5.97 Å². The molecule has 0 aliphatic rings. The number of carbonyl (C=O) groups is 1. The van der Waals surface area contributed by atoms with Gasteiger partial charge in [0.05, 0.1) is 5.75 Å². The number of aliphatic carboxylic acids is 1. The van der Waals surface area contributed by atoms with Crippen LogP contribution in [0.4, 0.5) is 0 Å². The smallest absolute Gasteiger partial charge is 0.324 e. The highest BCUT2D eigenvalue weighted by Gasteiger charge is 2.41. The molecule has 0 aliphatic heterocycles. The van der Waals surface area contributed by atoms with Crippen LogP contribution >= 0.6 is 0 Å². The van der Waals surface area contributed by atoms with E-state index >= 15 is 0 Å². The zero-order chi connectivity index (χ0) is 12.1. The first-order chi connectivity index (χ1) is 6.75. The highest BCUT2D eigenvalue weighted by Crippen LogP contribution is 2.18. The van der Waals surface area contributed by atoms with E-state index in [0.717, 1.165) is 0 Å². The molecule has 0 saturated carbocycles. The Balaban J connectivity index is 4.37. The van der Waals surface area contributed by atoms with Crippen LogP contribution in [0, 0.1) is 0 Å². The van der Waals surface area contributed by atoms with Crippen molar-refractivity contribution in [3.63, 3.8) is 0 Å². The maximum Gasteiger partial charge on any atom is 0.324 e. The van der Waals surface area contributed by atoms with E-state index in [1.165, 1.54) is 13.8 Å². The van der Waals surface area contributed by atoms with Crippen molar-refractivity contribution >= 4 is 15.8 Å². The van der Waals surface area contributed by atoms with Crippen molar-refractivity contribution in [2.45, 2.75) is 31.9 Å². The molecule has 0 bridgehead atoms. The molecule has 6 heteroatoms. The Bertz CT molecular complexity index is 304. The molecular formula is C9H18O5S. The van der Waals surface area contributed by atoms with E-state index in [9.17, 15) is 13.2 Å². The molecule has 0 atom stereocenters. The van der Waals surface area contributed by atoms with E-state index in [1.54, 1.807) is 0 Å². The third kappa shape index (κ3) is 3.79. The van der Waals surface area contributed by atoms with Gasteiger partial charge < -0.3 is 9.84 Å². The van der Waals surface area contributed by atoms with Crippen LogP contribution in [0.2, 0.25) is 0 Å². The molecule has 0 rings (SSSR count). The van der Waals surface area contributed by atoms with Crippen LogP contribution in [0.5, 0.6) is 0 Å². The van der Waals surface area contributed by atoms with Gasteiger partial charge in [0.1, 0.15) is 0 Å². The van der Waals surface area contributed by atoms with Crippen molar-refractivity contribution in [3.05, 3.63) is 0 Å². The molecule has 0 saturated heterocycles. The quantitative estimate of drug-likeness (QED) is 0.660. The van der Waals surface area contributed by atoms with Crippen LogP contribution in [0.25, 0.3) is 0 Å². The number of carboxylic acid groups (broad SMARTS) is 1. The highest BCUT2D eigenvalue weighted by atomic mass is 32.2. The van der Waals surface area contributed by atoms with Crippen LogP contribution in [-0.4, -0.2) is 43.2 Å². The van der Waals surface area contributed by atoms with Crippen LogP contribution in [0.15, 0.2) is 0 Å². The number of ether oxygens (including phenoxy) is 1. The minimum atomic E-state index is -3.62. The average Bonchev–Trinajstić information content (AvgIpc) is 2.12. The summed E-state index contributed by atoms with van der Waals surface area (Å²) in [5, 5.41) is 8.77. The highest BCUT2D eigenvalue weighted by molar-refractivity contribution is 7.93. The van der Waals surface area contributed by atoms with Crippen LogP contribution in [0.1, 0.15) is 27.2 Å². The molecule has 0 aromatic rings. The van der Waals surface area contributed by atoms with E-state index in [1.807, 2.05) is 6.92 Å². The Morgan fingerprint density at radius 2 is 1.93 bits per heavy atom. The maximum atomic E-state index is 11.6. The molecule has 0 fully saturated rings. The molecule has 90 valence electrons. The minimum Gasteiger partial charge on any atom is -0.480 e. The summed E-state index contributed by atoms with van der Waals surface area (Å²) in [5.74, 6) is -1.48. The lowest BCUT2D eigenvalue weighted by atomic mass is 10.2.